The van der Waals surface area contributed by atoms with Crippen LogP contribution in [0.3, 0.4) is 0 Å². The van der Waals surface area contributed by atoms with Crippen molar-refractivity contribution in [3.63, 3.8) is 0 Å². The van der Waals surface area contributed by atoms with Gasteiger partial charge in [0.25, 0.3) is 0 Å². The number of nitrogens with zero attached hydrogens (tertiary/aromatic N) is 1. The first kappa shape index (κ1) is 9.14. The van der Waals surface area contributed by atoms with Gasteiger partial charge in [0.2, 0.25) is 0 Å². The van der Waals surface area contributed by atoms with Crippen LogP contribution in [0.2, 0.25) is 0 Å². The van der Waals surface area contributed by atoms with Gasteiger partial charge < -0.3 is 4.52 Å². The Morgan fingerprint density at radius 1 is 1.75 bits per heavy atom. The molecule has 1 aromatic rings. The average Bonchev–Trinajstić information content (AvgIpc) is 2.16. The zero-order valence-electron chi connectivity index (χ0n) is 6.78. The van der Waals surface area contributed by atoms with Gasteiger partial charge >= 0.3 is 5.97 Å². The topological polar surface area (TPSA) is 39.2 Å². The monoisotopic (exact) mass is 183 g/mol. The van der Waals surface area contributed by atoms with Crippen LogP contribution < -0.4 is 0 Å². The van der Waals surface area contributed by atoms with Crippen molar-refractivity contribution in [1.29, 1.82) is 0 Å². The summed E-state index contributed by atoms with van der Waals surface area (Å²) in [6.07, 6.45) is 3.99. The molecular weight excluding hydrogens is 173 g/mol. The quantitative estimate of drug-likeness (QED) is 0.653. The standard InChI is InChI=1S/C8H10NO2P/c1-2-6-3-4-9-5-7(6)8(10)11-12/h3-5H,2,12H2,1H3. The van der Waals surface area contributed by atoms with Gasteiger partial charge in [-0.3, -0.25) is 4.98 Å². The van der Waals surface area contributed by atoms with Crippen molar-refractivity contribution in [1.82, 2.24) is 4.98 Å². The van der Waals surface area contributed by atoms with E-state index in [4.69, 9.17) is 0 Å². The van der Waals surface area contributed by atoms with Crippen LogP contribution in [-0.2, 0) is 10.9 Å². The van der Waals surface area contributed by atoms with Crippen LogP contribution in [0.15, 0.2) is 18.5 Å². The SMILES string of the molecule is CCc1ccncc1C(=O)OP. The Labute approximate surface area is 73.4 Å². The molecule has 0 aromatic carbocycles. The van der Waals surface area contributed by atoms with Crippen molar-refractivity contribution in [2.45, 2.75) is 13.3 Å². The maximum absolute atomic E-state index is 11.1. The van der Waals surface area contributed by atoms with Gasteiger partial charge in [-0.25, -0.2) is 4.79 Å². The molecule has 0 amide bonds. The van der Waals surface area contributed by atoms with E-state index in [1.54, 1.807) is 6.20 Å². The first-order valence-corrected chi connectivity index (χ1v) is 4.10. The van der Waals surface area contributed by atoms with Crippen LogP contribution >= 0.6 is 9.47 Å². The van der Waals surface area contributed by atoms with Gasteiger partial charge in [-0.05, 0) is 18.1 Å². The lowest BCUT2D eigenvalue weighted by molar-refractivity contribution is 0.0764. The van der Waals surface area contributed by atoms with Gasteiger partial charge in [0.15, 0.2) is 0 Å². The second-order valence-corrected chi connectivity index (χ2v) is 2.53. The molecule has 0 N–H and O–H groups in total. The third-order valence-electron chi connectivity index (χ3n) is 1.62. The van der Waals surface area contributed by atoms with Gasteiger partial charge in [0.05, 0.1) is 15.0 Å². The highest BCUT2D eigenvalue weighted by Crippen LogP contribution is 2.10. The van der Waals surface area contributed by atoms with E-state index in [2.05, 4.69) is 9.51 Å². The highest BCUT2D eigenvalue weighted by molar-refractivity contribution is 7.10. The summed E-state index contributed by atoms with van der Waals surface area (Å²) in [7, 11) is 1.93. The van der Waals surface area contributed by atoms with Crippen LogP contribution in [0.25, 0.3) is 0 Å². The minimum atomic E-state index is -0.357. The number of rotatable bonds is 2. The number of pyridine rings is 1. The summed E-state index contributed by atoms with van der Waals surface area (Å²) in [5.74, 6) is -0.357. The fourth-order valence-electron chi connectivity index (χ4n) is 0.979. The average molecular weight is 183 g/mol. The fourth-order valence-corrected chi connectivity index (χ4v) is 1.11. The van der Waals surface area contributed by atoms with E-state index in [0.717, 1.165) is 12.0 Å². The van der Waals surface area contributed by atoms with E-state index in [1.165, 1.54) is 6.20 Å². The van der Waals surface area contributed by atoms with E-state index in [1.807, 2.05) is 22.5 Å². The normalized spacial score (nSPS) is 9.50. The fraction of sp³-hybridized carbons (Fsp3) is 0.250. The van der Waals surface area contributed by atoms with Crippen molar-refractivity contribution in [2.24, 2.45) is 0 Å². The van der Waals surface area contributed by atoms with Crippen LogP contribution in [0.1, 0.15) is 22.8 Å². The van der Waals surface area contributed by atoms with E-state index in [9.17, 15) is 4.79 Å². The summed E-state index contributed by atoms with van der Waals surface area (Å²) < 4.78 is 4.52. The van der Waals surface area contributed by atoms with Gasteiger partial charge in [-0.2, -0.15) is 0 Å². The number of aromatic nitrogens is 1. The second-order valence-electron chi connectivity index (χ2n) is 2.29. The molecule has 0 aliphatic heterocycles. The van der Waals surface area contributed by atoms with Crippen LogP contribution in [-0.4, -0.2) is 11.0 Å². The van der Waals surface area contributed by atoms with Crippen molar-refractivity contribution < 1.29 is 9.32 Å². The van der Waals surface area contributed by atoms with Crippen molar-refractivity contribution >= 4 is 15.4 Å². The van der Waals surface area contributed by atoms with Crippen LogP contribution in [0.4, 0.5) is 0 Å². The Bertz CT molecular complexity index is 288. The summed E-state index contributed by atoms with van der Waals surface area (Å²) in [4.78, 5) is 15.0. The summed E-state index contributed by atoms with van der Waals surface area (Å²) in [5.41, 5.74) is 1.49. The zero-order valence-corrected chi connectivity index (χ0v) is 7.93. The first-order valence-electron chi connectivity index (χ1n) is 3.63. The molecule has 1 atom stereocenters. The van der Waals surface area contributed by atoms with E-state index < -0.39 is 0 Å². The number of carbonyl (C=O) groups excluding carboxylic acids is 1. The van der Waals surface area contributed by atoms with Gasteiger partial charge in [-0.15, -0.1) is 0 Å². The lowest BCUT2D eigenvalue weighted by atomic mass is 10.1. The Morgan fingerprint density at radius 3 is 3.08 bits per heavy atom. The van der Waals surface area contributed by atoms with Gasteiger partial charge in [0, 0.05) is 12.4 Å². The maximum atomic E-state index is 11.1. The summed E-state index contributed by atoms with van der Waals surface area (Å²) in [6.45, 7) is 1.98. The molecule has 64 valence electrons. The molecule has 1 rings (SSSR count). The molecule has 0 bridgehead atoms. The highest BCUT2D eigenvalue weighted by Gasteiger charge is 2.09. The minimum Gasteiger partial charge on any atom is -0.448 e. The lowest BCUT2D eigenvalue weighted by Crippen LogP contribution is -2.02. The largest absolute Gasteiger partial charge is 0.448 e. The molecule has 1 heterocycles. The molecule has 0 saturated heterocycles. The number of hydrogen-bond donors (Lipinski definition) is 0. The summed E-state index contributed by atoms with van der Waals surface area (Å²) in [6, 6.07) is 1.82. The van der Waals surface area contributed by atoms with E-state index >= 15 is 0 Å². The molecule has 1 unspecified atom stereocenters. The summed E-state index contributed by atoms with van der Waals surface area (Å²) >= 11 is 0. The molecule has 0 radical (unpaired) electrons. The van der Waals surface area contributed by atoms with Crippen molar-refractivity contribution in [3.8, 4) is 0 Å². The third-order valence-corrected chi connectivity index (χ3v) is 1.83. The maximum Gasteiger partial charge on any atom is 0.342 e. The van der Waals surface area contributed by atoms with E-state index in [-0.39, 0.29) is 5.97 Å². The third kappa shape index (κ3) is 1.80. The molecule has 12 heavy (non-hydrogen) atoms. The highest BCUT2D eigenvalue weighted by atomic mass is 31.0. The van der Waals surface area contributed by atoms with Gasteiger partial charge in [0.1, 0.15) is 0 Å². The Morgan fingerprint density at radius 2 is 2.50 bits per heavy atom. The molecule has 0 spiro atoms. The molecule has 0 aliphatic carbocycles. The molecule has 0 aliphatic rings. The number of hydrogen-bond acceptors (Lipinski definition) is 3. The predicted molar refractivity (Wildman–Crippen MR) is 48.7 cm³/mol. The minimum absolute atomic E-state index is 0.357. The van der Waals surface area contributed by atoms with Crippen LogP contribution in [0.5, 0.6) is 0 Å². The molecule has 3 nitrogen and oxygen atoms in total. The number of aryl methyl sites for hydroxylation is 1. The first-order chi connectivity index (χ1) is 5.79. The summed E-state index contributed by atoms with van der Waals surface area (Å²) in [5, 5.41) is 0. The van der Waals surface area contributed by atoms with Crippen LogP contribution in [0, 0.1) is 0 Å². The zero-order chi connectivity index (χ0) is 8.97. The van der Waals surface area contributed by atoms with Gasteiger partial charge in [-0.1, -0.05) is 6.92 Å². The smallest absolute Gasteiger partial charge is 0.342 e. The second kappa shape index (κ2) is 4.17. The van der Waals surface area contributed by atoms with E-state index in [0.29, 0.717) is 5.56 Å². The molecule has 0 saturated carbocycles. The molecule has 1 aromatic heterocycles. The Hall–Kier alpha value is -0.950. The van der Waals surface area contributed by atoms with Crippen molar-refractivity contribution in [2.75, 3.05) is 0 Å². The predicted octanol–water partition coefficient (Wildman–Crippen LogP) is 1.59. The molecule has 4 heteroatoms. The van der Waals surface area contributed by atoms with Crippen molar-refractivity contribution in [3.05, 3.63) is 29.6 Å². The molecular formula is C8H10NO2P. The number of carbonyl (C=O) groups is 1. The Kier molecular flexibility index (Phi) is 3.18. The molecule has 0 fully saturated rings. The lowest BCUT2D eigenvalue weighted by Gasteiger charge is -2.02. The Balaban J connectivity index is 3.04.